The van der Waals surface area contributed by atoms with E-state index in [0.29, 0.717) is 13.2 Å². The Morgan fingerprint density at radius 3 is 3.06 bits per heavy atom. The molecule has 0 aliphatic heterocycles. The fraction of sp³-hybridized carbons (Fsp3) is 0.500. The molecule has 0 aromatic carbocycles. The van der Waals surface area contributed by atoms with Gasteiger partial charge >= 0.3 is 5.97 Å². The molecule has 1 aromatic rings. The Balaban J connectivity index is 2.29. The number of nitrogens with zero attached hydrogens (tertiary/aromatic N) is 1. The van der Waals surface area contributed by atoms with Crippen molar-refractivity contribution in [2.75, 3.05) is 13.2 Å². The van der Waals surface area contributed by atoms with E-state index in [1.807, 2.05) is 12.3 Å². The highest BCUT2D eigenvalue weighted by Crippen LogP contribution is 2.16. The third-order valence-corrected chi connectivity index (χ3v) is 3.23. The Kier molecular flexibility index (Phi) is 5.86. The van der Waals surface area contributed by atoms with Crippen molar-refractivity contribution in [2.24, 2.45) is 0 Å². The van der Waals surface area contributed by atoms with Gasteiger partial charge in [0.2, 0.25) is 0 Å². The lowest BCUT2D eigenvalue weighted by Gasteiger charge is -2.08. The number of aromatic nitrogens is 1. The quantitative estimate of drug-likeness (QED) is 0.624. The Labute approximate surface area is 106 Å². The van der Waals surface area contributed by atoms with Gasteiger partial charge in [-0.1, -0.05) is 6.08 Å². The maximum absolute atomic E-state index is 11.0. The fourth-order valence-corrected chi connectivity index (χ4v) is 2.08. The number of hydrogen-bond acceptors (Lipinski definition) is 5. The van der Waals surface area contributed by atoms with E-state index in [1.165, 1.54) is 6.08 Å². The third-order valence-electron chi connectivity index (χ3n) is 2.09. The number of carbonyl (C=O) groups is 1. The number of nitrogens with one attached hydrogen (secondary N) is 1. The SMILES string of the molecule is CCOC(=O)/C=C/CNC(C)c1nc(C)cs1. The number of rotatable bonds is 6. The first-order chi connectivity index (χ1) is 8.13. The molecule has 1 aromatic heterocycles. The Hall–Kier alpha value is -1.20. The molecule has 0 radical (unpaired) electrons. The van der Waals surface area contributed by atoms with Crippen molar-refractivity contribution in [1.29, 1.82) is 0 Å². The number of ether oxygens (including phenoxy) is 1. The van der Waals surface area contributed by atoms with E-state index in [9.17, 15) is 4.79 Å². The van der Waals surface area contributed by atoms with Crippen molar-refractivity contribution in [3.8, 4) is 0 Å². The molecule has 0 spiro atoms. The maximum Gasteiger partial charge on any atom is 0.330 e. The molecule has 0 fully saturated rings. The number of aryl methyl sites for hydroxylation is 1. The summed E-state index contributed by atoms with van der Waals surface area (Å²) in [5.41, 5.74) is 1.04. The molecule has 17 heavy (non-hydrogen) atoms. The molecule has 0 aliphatic rings. The van der Waals surface area contributed by atoms with E-state index in [-0.39, 0.29) is 12.0 Å². The van der Waals surface area contributed by atoms with Crippen molar-refractivity contribution in [1.82, 2.24) is 10.3 Å². The van der Waals surface area contributed by atoms with Gasteiger partial charge in [-0.15, -0.1) is 11.3 Å². The summed E-state index contributed by atoms with van der Waals surface area (Å²) in [4.78, 5) is 15.4. The highest BCUT2D eigenvalue weighted by atomic mass is 32.1. The van der Waals surface area contributed by atoms with Gasteiger partial charge in [0.15, 0.2) is 0 Å². The van der Waals surface area contributed by atoms with E-state index in [1.54, 1.807) is 24.3 Å². The maximum atomic E-state index is 11.0. The van der Waals surface area contributed by atoms with E-state index >= 15 is 0 Å². The molecule has 1 unspecified atom stereocenters. The molecule has 94 valence electrons. The largest absolute Gasteiger partial charge is 0.463 e. The molecule has 0 saturated heterocycles. The zero-order chi connectivity index (χ0) is 12.7. The van der Waals surface area contributed by atoms with Gasteiger partial charge in [-0.05, 0) is 20.8 Å². The Bertz CT molecular complexity index is 388. The predicted molar refractivity (Wildman–Crippen MR) is 69.0 cm³/mol. The van der Waals surface area contributed by atoms with Gasteiger partial charge in [0, 0.05) is 23.7 Å². The summed E-state index contributed by atoms with van der Waals surface area (Å²) < 4.78 is 4.77. The Morgan fingerprint density at radius 2 is 2.47 bits per heavy atom. The second-order valence-electron chi connectivity index (χ2n) is 3.61. The monoisotopic (exact) mass is 254 g/mol. The minimum atomic E-state index is -0.299. The number of thiazole rings is 1. The van der Waals surface area contributed by atoms with E-state index in [4.69, 9.17) is 4.74 Å². The van der Waals surface area contributed by atoms with E-state index in [2.05, 4.69) is 17.2 Å². The van der Waals surface area contributed by atoms with Crippen molar-refractivity contribution >= 4 is 17.3 Å². The molecule has 1 atom stereocenters. The van der Waals surface area contributed by atoms with Crippen molar-refractivity contribution in [3.63, 3.8) is 0 Å². The molecule has 0 bridgehead atoms. The highest BCUT2D eigenvalue weighted by molar-refractivity contribution is 7.09. The zero-order valence-corrected chi connectivity index (χ0v) is 11.2. The summed E-state index contributed by atoms with van der Waals surface area (Å²) in [5, 5.41) is 6.35. The summed E-state index contributed by atoms with van der Waals surface area (Å²) in [7, 11) is 0. The lowest BCUT2D eigenvalue weighted by molar-refractivity contribution is -0.137. The Morgan fingerprint density at radius 1 is 1.71 bits per heavy atom. The van der Waals surface area contributed by atoms with Crippen molar-refractivity contribution in [2.45, 2.75) is 26.8 Å². The second kappa shape index (κ2) is 7.19. The average Bonchev–Trinajstić information content (AvgIpc) is 2.71. The first-order valence-electron chi connectivity index (χ1n) is 5.62. The first-order valence-corrected chi connectivity index (χ1v) is 6.50. The molecular formula is C12H18N2O2S. The van der Waals surface area contributed by atoms with Crippen LogP contribution in [0.25, 0.3) is 0 Å². The number of carbonyl (C=O) groups excluding carboxylic acids is 1. The lowest BCUT2D eigenvalue weighted by Crippen LogP contribution is -2.18. The van der Waals surface area contributed by atoms with E-state index in [0.717, 1.165) is 10.7 Å². The summed E-state index contributed by atoms with van der Waals surface area (Å²) in [6.07, 6.45) is 3.20. The summed E-state index contributed by atoms with van der Waals surface area (Å²) in [6.45, 7) is 6.85. The summed E-state index contributed by atoms with van der Waals surface area (Å²) >= 11 is 1.64. The molecule has 0 saturated carbocycles. The molecule has 5 heteroatoms. The summed E-state index contributed by atoms with van der Waals surface area (Å²) in [6, 6.07) is 0.195. The van der Waals surface area contributed by atoms with Crippen LogP contribution in [0.3, 0.4) is 0 Å². The smallest absolute Gasteiger partial charge is 0.330 e. The van der Waals surface area contributed by atoms with Gasteiger partial charge in [0.25, 0.3) is 0 Å². The molecule has 0 aliphatic carbocycles. The predicted octanol–water partition coefficient (Wildman–Crippen LogP) is 2.22. The third kappa shape index (κ3) is 5.10. The average molecular weight is 254 g/mol. The lowest BCUT2D eigenvalue weighted by atomic mass is 10.3. The molecule has 0 amide bonds. The highest BCUT2D eigenvalue weighted by Gasteiger charge is 2.07. The van der Waals surface area contributed by atoms with Gasteiger partial charge in [-0.2, -0.15) is 0 Å². The van der Waals surface area contributed by atoms with Crippen LogP contribution >= 0.6 is 11.3 Å². The van der Waals surface area contributed by atoms with Crippen LogP contribution < -0.4 is 5.32 Å². The van der Waals surface area contributed by atoms with Gasteiger partial charge in [-0.3, -0.25) is 0 Å². The van der Waals surface area contributed by atoms with Crippen molar-refractivity contribution in [3.05, 3.63) is 28.2 Å². The van der Waals surface area contributed by atoms with Crippen LogP contribution in [-0.4, -0.2) is 24.1 Å². The van der Waals surface area contributed by atoms with Gasteiger partial charge < -0.3 is 10.1 Å². The van der Waals surface area contributed by atoms with Crippen LogP contribution in [0.5, 0.6) is 0 Å². The molecule has 4 nitrogen and oxygen atoms in total. The molecule has 1 heterocycles. The number of esters is 1. The van der Waals surface area contributed by atoms with Crippen LogP contribution in [0.1, 0.15) is 30.6 Å². The normalized spacial score (nSPS) is 12.9. The van der Waals surface area contributed by atoms with Crippen LogP contribution in [0.4, 0.5) is 0 Å². The first kappa shape index (κ1) is 13.9. The molecule has 1 N–H and O–H groups in total. The second-order valence-corrected chi connectivity index (χ2v) is 4.50. The van der Waals surface area contributed by atoms with Crippen LogP contribution in [0.2, 0.25) is 0 Å². The zero-order valence-electron chi connectivity index (χ0n) is 10.4. The number of hydrogen-bond donors (Lipinski definition) is 1. The summed E-state index contributed by atoms with van der Waals surface area (Å²) in [5.74, 6) is -0.299. The van der Waals surface area contributed by atoms with E-state index < -0.39 is 0 Å². The topological polar surface area (TPSA) is 51.2 Å². The fourth-order valence-electron chi connectivity index (χ4n) is 1.25. The van der Waals surface area contributed by atoms with Crippen LogP contribution in [-0.2, 0) is 9.53 Å². The standard InChI is InChI=1S/C12H18N2O2S/c1-4-16-11(15)6-5-7-13-10(3)12-14-9(2)8-17-12/h5-6,8,10,13H,4,7H2,1-3H3/b6-5+. The van der Waals surface area contributed by atoms with Gasteiger partial charge in [-0.25, -0.2) is 9.78 Å². The van der Waals surface area contributed by atoms with Gasteiger partial charge in [0.05, 0.1) is 12.6 Å². The van der Waals surface area contributed by atoms with Crippen molar-refractivity contribution < 1.29 is 9.53 Å². The molecule has 1 rings (SSSR count). The van der Waals surface area contributed by atoms with Gasteiger partial charge in [0.1, 0.15) is 5.01 Å². The minimum absolute atomic E-state index is 0.195. The minimum Gasteiger partial charge on any atom is -0.463 e. The molecular weight excluding hydrogens is 236 g/mol. The van der Waals surface area contributed by atoms with Crippen LogP contribution in [0.15, 0.2) is 17.5 Å². The van der Waals surface area contributed by atoms with Crippen LogP contribution in [0, 0.1) is 6.92 Å².